The number of hydrogen-bond donors (Lipinski definition) is 0. The highest BCUT2D eigenvalue weighted by molar-refractivity contribution is 8.76. The van der Waals surface area contributed by atoms with Crippen molar-refractivity contribution in [3.8, 4) is 0 Å². The van der Waals surface area contributed by atoms with Crippen LogP contribution in [0.1, 0.15) is 20.3 Å². The molecule has 1 atom stereocenters. The molecule has 0 radical (unpaired) electrons. The lowest BCUT2D eigenvalue weighted by Gasteiger charge is -2.16. The Morgan fingerprint density at radius 3 is 2.30 bits per heavy atom. The maximum Gasteiger partial charge on any atom is 0.0234 e. The van der Waals surface area contributed by atoms with E-state index in [1.54, 1.807) is 0 Å². The first-order chi connectivity index (χ1) is 4.72. The average molecular weight is 199 g/mol. The van der Waals surface area contributed by atoms with E-state index >= 15 is 0 Å². The fourth-order valence-electron chi connectivity index (χ4n) is 0.724. The van der Waals surface area contributed by atoms with Crippen LogP contribution in [-0.2, 0) is 0 Å². The monoisotopic (exact) mass is 198 g/mol. The predicted molar refractivity (Wildman–Crippen MR) is 55.1 cm³/mol. The minimum absolute atomic E-state index is 0.729. The number of rotatable bonds is 5. The van der Waals surface area contributed by atoms with E-state index in [0.717, 1.165) is 23.5 Å². The van der Waals surface area contributed by atoms with Crippen molar-refractivity contribution in [2.75, 3.05) is 12.1 Å². The minimum Gasteiger partial charge on any atom is -0.127 e. The van der Waals surface area contributed by atoms with Crippen LogP contribution in [0, 0.1) is 5.92 Å². The Bertz CT molecular complexity index is 70.0. The van der Waals surface area contributed by atoms with E-state index in [2.05, 4.69) is 20.1 Å². The zero-order chi connectivity index (χ0) is 7.98. The molecule has 0 aromatic heterocycles. The van der Waals surface area contributed by atoms with E-state index in [1.807, 2.05) is 21.6 Å². The maximum atomic E-state index is 5.65. The van der Waals surface area contributed by atoms with Crippen molar-refractivity contribution >= 4 is 33.2 Å². The van der Waals surface area contributed by atoms with Crippen LogP contribution in [0.3, 0.4) is 0 Å². The predicted octanol–water partition coefficient (Wildman–Crippen LogP) is 3.65. The van der Waals surface area contributed by atoms with Crippen molar-refractivity contribution in [1.82, 2.24) is 0 Å². The number of halogens is 1. The highest BCUT2D eigenvalue weighted by Gasteiger charge is 2.11. The Kier molecular flexibility index (Phi) is 7.35. The van der Waals surface area contributed by atoms with E-state index in [4.69, 9.17) is 11.6 Å². The van der Waals surface area contributed by atoms with Crippen LogP contribution in [-0.4, -0.2) is 17.4 Å². The van der Waals surface area contributed by atoms with E-state index in [1.165, 1.54) is 0 Å². The summed E-state index contributed by atoms with van der Waals surface area (Å²) >= 11 is 5.65. The summed E-state index contributed by atoms with van der Waals surface area (Å²) in [6, 6.07) is 0. The normalized spacial score (nSPS) is 14.1. The van der Waals surface area contributed by atoms with Gasteiger partial charge in [-0.1, -0.05) is 35.4 Å². The molecule has 0 bridgehead atoms. The molecule has 0 nitrogen and oxygen atoms in total. The number of hydrogen-bond acceptors (Lipinski definition) is 2. The second-order valence-electron chi connectivity index (χ2n) is 2.52. The number of alkyl halides is 1. The summed E-state index contributed by atoms with van der Waals surface area (Å²) in [5.41, 5.74) is 0. The van der Waals surface area contributed by atoms with Gasteiger partial charge in [-0.25, -0.2) is 0 Å². The first kappa shape index (κ1) is 11.0. The molecule has 1 unspecified atom stereocenters. The van der Waals surface area contributed by atoms with Gasteiger partial charge in [0.05, 0.1) is 0 Å². The van der Waals surface area contributed by atoms with Gasteiger partial charge in [0.1, 0.15) is 0 Å². The van der Waals surface area contributed by atoms with Crippen LogP contribution in [0.15, 0.2) is 0 Å². The van der Waals surface area contributed by atoms with E-state index < -0.39 is 0 Å². The summed E-state index contributed by atoms with van der Waals surface area (Å²) in [5, 5.41) is 0.729. The first-order valence-corrected chi connectivity index (χ1v) is 6.63. The standard InChI is InChI=1S/C7H15ClS2/c1-6(2)7(4-5-8)10-9-3/h6-7H,4-5H2,1-3H3. The Balaban J connectivity index is 3.50. The molecule has 0 aliphatic heterocycles. The molecule has 3 heteroatoms. The molecule has 0 rings (SSSR count). The van der Waals surface area contributed by atoms with Crippen molar-refractivity contribution in [1.29, 1.82) is 0 Å². The molecule has 0 aliphatic rings. The van der Waals surface area contributed by atoms with Crippen molar-refractivity contribution in [2.45, 2.75) is 25.5 Å². The molecule has 0 heterocycles. The fourth-order valence-corrected chi connectivity index (χ4v) is 3.47. The third-order valence-corrected chi connectivity index (χ3v) is 4.11. The summed E-state index contributed by atoms with van der Waals surface area (Å²) < 4.78 is 0. The van der Waals surface area contributed by atoms with Gasteiger partial charge in [0.25, 0.3) is 0 Å². The highest BCUT2D eigenvalue weighted by atomic mass is 35.5. The summed E-state index contributed by atoms with van der Waals surface area (Å²) in [4.78, 5) is 0. The van der Waals surface area contributed by atoms with Gasteiger partial charge in [0.2, 0.25) is 0 Å². The van der Waals surface area contributed by atoms with Crippen LogP contribution < -0.4 is 0 Å². The van der Waals surface area contributed by atoms with Crippen LogP contribution in [0.4, 0.5) is 0 Å². The summed E-state index contributed by atoms with van der Waals surface area (Å²) in [5.74, 6) is 1.53. The molecule has 0 spiro atoms. The van der Waals surface area contributed by atoms with E-state index in [0.29, 0.717) is 0 Å². The Morgan fingerprint density at radius 1 is 1.40 bits per heavy atom. The molecule has 0 aromatic carbocycles. The van der Waals surface area contributed by atoms with Gasteiger partial charge in [0, 0.05) is 11.1 Å². The second kappa shape index (κ2) is 6.68. The second-order valence-corrected chi connectivity index (χ2v) is 5.61. The summed E-state index contributed by atoms with van der Waals surface area (Å²) in [7, 11) is 3.78. The Labute approximate surface area is 76.9 Å². The minimum atomic E-state index is 0.729. The van der Waals surface area contributed by atoms with Gasteiger partial charge >= 0.3 is 0 Å². The maximum absolute atomic E-state index is 5.65. The van der Waals surface area contributed by atoms with Gasteiger partial charge in [-0.05, 0) is 18.6 Å². The van der Waals surface area contributed by atoms with Crippen LogP contribution >= 0.6 is 33.2 Å². The zero-order valence-corrected chi connectivity index (χ0v) is 9.15. The van der Waals surface area contributed by atoms with Crippen molar-refractivity contribution < 1.29 is 0 Å². The average Bonchev–Trinajstić information content (AvgIpc) is 1.87. The van der Waals surface area contributed by atoms with E-state index in [-0.39, 0.29) is 0 Å². The molecule has 62 valence electrons. The third kappa shape index (κ3) is 4.75. The molecule has 0 aromatic rings. The summed E-state index contributed by atoms with van der Waals surface area (Å²) in [6.45, 7) is 4.50. The van der Waals surface area contributed by atoms with Crippen LogP contribution in [0.5, 0.6) is 0 Å². The Hall–Kier alpha value is 0.990. The lowest BCUT2D eigenvalue weighted by Crippen LogP contribution is -2.10. The lowest BCUT2D eigenvalue weighted by atomic mass is 10.1. The van der Waals surface area contributed by atoms with Gasteiger partial charge in [-0.2, -0.15) is 0 Å². The molecular weight excluding hydrogens is 184 g/mol. The van der Waals surface area contributed by atoms with Crippen LogP contribution in [0.25, 0.3) is 0 Å². The van der Waals surface area contributed by atoms with Gasteiger partial charge in [-0.3, -0.25) is 0 Å². The Morgan fingerprint density at radius 2 is 2.00 bits per heavy atom. The molecule has 10 heavy (non-hydrogen) atoms. The molecule has 0 saturated carbocycles. The van der Waals surface area contributed by atoms with Crippen LogP contribution in [0.2, 0.25) is 0 Å². The molecular formula is C7H15ClS2. The van der Waals surface area contributed by atoms with Crippen molar-refractivity contribution in [3.63, 3.8) is 0 Å². The lowest BCUT2D eigenvalue weighted by molar-refractivity contribution is 0.598. The third-order valence-electron chi connectivity index (χ3n) is 1.36. The van der Waals surface area contributed by atoms with Crippen molar-refractivity contribution in [2.24, 2.45) is 5.92 Å². The smallest absolute Gasteiger partial charge is 0.0234 e. The molecule has 0 aliphatic carbocycles. The molecule has 0 saturated heterocycles. The molecule has 0 fully saturated rings. The molecule has 0 N–H and O–H groups in total. The van der Waals surface area contributed by atoms with Gasteiger partial charge < -0.3 is 0 Å². The van der Waals surface area contributed by atoms with Gasteiger partial charge in [0.15, 0.2) is 0 Å². The van der Waals surface area contributed by atoms with Gasteiger partial charge in [-0.15, -0.1) is 11.6 Å². The SMILES string of the molecule is CSSC(CCCl)C(C)C. The van der Waals surface area contributed by atoms with Crippen molar-refractivity contribution in [3.05, 3.63) is 0 Å². The summed E-state index contributed by atoms with van der Waals surface area (Å²) in [6.07, 6.45) is 3.25. The quantitative estimate of drug-likeness (QED) is 0.489. The highest BCUT2D eigenvalue weighted by Crippen LogP contribution is 2.31. The topological polar surface area (TPSA) is 0 Å². The largest absolute Gasteiger partial charge is 0.127 e. The first-order valence-electron chi connectivity index (χ1n) is 3.47. The fraction of sp³-hybridized carbons (Fsp3) is 1.00. The zero-order valence-electron chi connectivity index (χ0n) is 6.76. The molecule has 0 amide bonds. The van der Waals surface area contributed by atoms with E-state index in [9.17, 15) is 0 Å².